The largest absolute Gasteiger partial charge is 0.385 e. The van der Waals surface area contributed by atoms with Gasteiger partial charge in [0.25, 0.3) is 15.0 Å². The van der Waals surface area contributed by atoms with E-state index in [1.165, 1.54) is 12.1 Å². The van der Waals surface area contributed by atoms with Gasteiger partial charge in [0.05, 0.1) is 4.90 Å². The van der Waals surface area contributed by atoms with Gasteiger partial charge in [0.15, 0.2) is 0 Å². The molecular weight excluding hydrogens is 314 g/mol. The molecule has 0 atom stereocenters. The normalized spacial score (nSPS) is 11.5. The number of halogens is 1. The molecule has 5 nitrogen and oxygen atoms in total. The first-order valence-electron chi connectivity index (χ1n) is 6.48. The molecule has 0 fully saturated rings. The van der Waals surface area contributed by atoms with Crippen LogP contribution in [-0.4, -0.2) is 46.5 Å². The zero-order chi connectivity index (χ0) is 16.2. The maximum atomic E-state index is 12.4. The van der Waals surface area contributed by atoms with Crippen molar-refractivity contribution < 1.29 is 17.9 Å². The minimum Gasteiger partial charge on any atom is -0.385 e. The fourth-order valence-electron chi connectivity index (χ4n) is 1.94. The minimum atomic E-state index is -3.86. The average molecular weight is 334 g/mol. The third-order valence-electron chi connectivity index (χ3n) is 3.34. The molecule has 21 heavy (non-hydrogen) atoms. The van der Waals surface area contributed by atoms with Gasteiger partial charge in [0.2, 0.25) is 0 Å². The lowest BCUT2D eigenvalue weighted by atomic mass is 10.0. The number of aryl methyl sites for hydroxylation is 1. The fraction of sp³-hybridized carbons (Fsp3) is 0.500. The van der Waals surface area contributed by atoms with Gasteiger partial charge in [-0.1, -0.05) is 0 Å². The van der Waals surface area contributed by atoms with Crippen LogP contribution in [0.4, 0.5) is 0 Å². The summed E-state index contributed by atoms with van der Waals surface area (Å²) in [5, 5.41) is 0. The Morgan fingerprint density at radius 3 is 2.48 bits per heavy atom. The second-order valence-electron chi connectivity index (χ2n) is 4.92. The van der Waals surface area contributed by atoms with Crippen LogP contribution in [0.3, 0.4) is 0 Å². The van der Waals surface area contributed by atoms with Crippen LogP contribution in [-0.2, 0) is 13.8 Å². The third kappa shape index (κ3) is 4.69. The number of hydrogen-bond donors (Lipinski definition) is 0. The van der Waals surface area contributed by atoms with Crippen molar-refractivity contribution in [3.8, 4) is 0 Å². The van der Waals surface area contributed by atoms with Crippen molar-refractivity contribution in [3.63, 3.8) is 0 Å². The quantitative estimate of drug-likeness (QED) is 0.592. The number of hydrogen-bond acceptors (Lipinski definition) is 4. The van der Waals surface area contributed by atoms with E-state index in [0.29, 0.717) is 30.7 Å². The van der Waals surface area contributed by atoms with E-state index >= 15 is 0 Å². The van der Waals surface area contributed by atoms with E-state index in [-0.39, 0.29) is 10.8 Å². The highest BCUT2D eigenvalue weighted by Crippen LogP contribution is 2.23. The molecule has 1 aromatic carbocycles. The zero-order valence-electron chi connectivity index (χ0n) is 12.6. The Kier molecular flexibility index (Phi) is 6.19. The smallest absolute Gasteiger partial charge is 0.261 e. The Hall–Kier alpha value is -1.11. The number of methoxy groups -OCH3 is 1. The average Bonchev–Trinajstić information content (AvgIpc) is 2.39. The minimum absolute atomic E-state index is 0.0547. The summed E-state index contributed by atoms with van der Waals surface area (Å²) in [7, 11) is 4.79. The van der Waals surface area contributed by atoms with Crippen molar-refractivity contribution in [3.05, 3.63) is 28.8 Å². The second-order valence-corrected chi connectivity index (χ2v) is 7.49. The van der Waals surface area contributed by atoms with E-state index in [2.05, 4.69) is 0 Å². The van der Waals surface area contributed by atoms with Crippen molar-refractivity contribution >= 4 is 25.6 Å². The van der Waals surface area contributed by atoms with Gasteiger partial charge in [0.1, 0.15) is 0 Å². The van der Waals surface area contributed by atoms with Crippen molar-refractivity contribution in [1.82, 2.24) is 4.90 Å². The van der Waals surface area contributed by atoms with Crippen molar-refractivity contribution in [2.75, 3.05) is 27.3 Å². The topological polar surface area (TPSA) is 63.7 Å². The Balaban J connectivity index is 3.11. The lowest BCUT2D eigenvalue weighted by Crippen LogP contribution is -2.29. The van der Waals surface area contributed by atoms with Gasteiger partial charge in [-0.25, -0.2) is 8.42 Å². The van der Waals surface area contributed by atoms with Crippen LogP contribution in [0, 0.1) is 13.8 Å². The van der Waals surface area contributed by atoms with Crippen LogP contribution in [0.1, 0.15) is 27.9 Å². The maximum absolute atomic E-state index is 12.4. The molecule has 1 rings (SSSR count). The molecule has 0 radical (unpaired) electrons. The van der Waals surface area contributed by atoms with Crippen LogP contribution >= 0.6 is 10.7 Å². The molecule has 0 bridgehead atoms. The summed E-state index contributed by atoms with van der Waals surface area (Å²) in [4.78, 5) is 13.9. The summed E-state index contributed by atoms with van der Waals surface area (Å²) in [6, 6.07) is 2.80. The van der Waals surface area contributed by atoms with Crippen molar-refractivity contribution in [1.29, 1.82) is 0 Å². The van der Waals surface area contributed by atoms with E-state index in [4.69, 9.17) is 15.4 Å². The lowest BCUT2D eigenvalue weighted by molar-refractivity contribution is 0.0778. The molecule has 118 valence electrons. The highest BCUT2D eigenvalue weighted by Gasteiger charge is 2.20. The summed E-state index contributed by atoms with van der Waals surface area (Å²) in [6.07, 6.45) is 0.713. The molecule has 0 aliphatic heterocycles. The number of amides is 1. The Labute approximate surface area is 130 Å². The third-order valence-corrected chi connectivity index (χ3v) is 4.67. The van der Waals surface area contributed by atoms with Gasteiger partial charge < -0.3 is 9.64 Å². The molecule has 0 spiro atoms. The maximum Gasteiger partial charge on any atom is 0.261 e. The number of benzene rings is 1. The van der Waals surface area contributed by atoms with Gasteiger partial charge >= 0.3 is 0 Å². The van der Waals surface area contributed by atoms with Crippen molar-refractivity contribution in [2.24, 2.45) is 0 Å². The van der Waals surface area contributed by atoms with E-state index in [1.807, 2.05) is 0 Å². The molecule has 1 aromatic rings. The fourth-order valence-corrected chi connectivity index (χ4v) is 2.79. The Morgan fingerprint density at radius 2 is 1.95 bits per heavy atom. The summed E-state index contributed by atoms with van der Waals surface area (Å²) in [5.74, 6) is -0.228. The zero-order valence-corrected chi connectivity index (χ0v) is 14.2. The van der Waals surface area contributed by atoms with Gasteiger partial charge in [-0.15, -0.1) is 0 Å². The SMILES string of the molecule is COCCCN(C)C(=O)c1cc(S(=O)(=O)Cl)cc(C)c1C. The van der Waals surface area contributed by atoms with Crippen LogP contribution in [0.2, 0.25) is 0 Å². The standard InChI is InChI=1S/C14H20ClNO4S/c1-10-8-12(21(15,18)19)9-13(11(10)2)14(17)16(3)6-5-7-20-4/h8-9H,5-7H2,1-4H3. The molecule has 0 saturated carbocycles. The number of rotatable bonds is 6. The first kappa shape index (κ1) is 17.9. The second kappa shape index (κ2) is 7.24. The number of nitrogens with zero attached hydrogens (tertiary/aromatic N) is 1. The molecule has 0 unspecified atom stereocenters. The monoisotopic (exact) mass is 333 g/mol. The predicted molar refractivity (Wildman–Crippen MR) is 82.4 cm³/mol. The molecule has 0 heterocycles. The first-order valence-corrected chi connectivity index (χ1v) is 8.79. The summed E-state index contributed by atoms with van der Waals surface area (Å²) in [6.45, 7) is 4.63. The number of carbonyl (C=O) groups excluding carboxylic acids is 1. The highest BCUT2D eigenvalue weighted by molar-refractivity contribution is 8.13. The van der Waals surface area contributed by atoms with E-state index < -0.39 is 9.05 Å². The molecule has 0 saturated heterocycles. The van der Waals surface area contributed by atoms with Gasteiger partial charge in [-0.3, -0.25) is 4.79 Å². The van der Waals surface area contributed by atoms with Crippen molar-refractivity contribution in [2.45, 2.75) is 25.2 Å². The number of carbonyl (C=O) groups is 1. The molecule has 0 aromatic heterocycles. The van der Waals surface area contributed by atoms with Gasteiger partial charge in [-0.05, 0) is 43.5 Å². The molecule has 0 aliphatic carbocycles. The Morgan fingerprint density at radius 1 is 1.33 bits per heavy atom. The van der Waals surface area contributed by atoms with Gasteiger partial charge in [0, 0.05) is 43.6 Å². The summed E-state index contributed by atoms with van der Waals surface area (Å²) < 4.78 is 27.9. The number of ether oxygens (including phenoxy) is 1. The van der Waals surface area contributed by atoms with Gasteiger partial charge in [-0.2, -0.15) is 0 Å². The molecule has 0 aliphatic rings. The summed E-state index contributed by atoms with van der Waals surface area (Å²) in [5.41, 5.74) is 1.82. The molecule has 0 N–H and O–H groups in total. The van der Waals surface area contributed by atoms with Crippen LogP contribution in [0.25, 0.3) is 0 Å². The molecule has 7 heteroatoms. The van der Waals surface area contributed by atoms with E-state index in [9.17, 15) is 13.2 Å². The lowest BCUT2D eigenvalue weighted by Gasteiger charge is -2.19. The molecular formula is C14H20ClNO4S. The summed E-state index contributed by atoms with van der Waals surface area (Å²) >= 11 is 0. The van der Waals surface area contributed by atoms with E-state index in [1.54, 1.807) is 32.9 Å². The molecule has 1 amide bonds. The van der Waals surface area contributed by atoms with Crippen LogP contribution in [0.15, 0.2) is 17.0 Å². The van der Waals surface area contributed by atoms with Crippen LogP contribution < -0.4 is 0 Å². The predicted octanol–water partition coefficient (Wildman–Crippen LogP) is 2.34. The highest BCUT2D eigenvalue weighted by atomic mass is 35.7. The van der Waals surface area contributed by atoms with E-state index in [0.717, 1.165) is 5.56 Å². The first-order chi connectivity index (χ1) is 9.68. The Bertz CT molecular complexity index is 628. The van der Waals surface area contributed by atoms with Crippen LogP contribution in [0.5, 0.6) is 0 Å².